The quantitative estimate of drug-likeness (QED) is 0.880. The standard InChI is InChI=1S/C14H18N4/c1-3-12-10(2)14-16-9-6-13(18(14)17-12)11-4-7-15-8-5-11/h4-5,7-8,13,16H,3,6,9H2,1-2H3. The summed E-state index contributed by atoms with van der Waals surface area (Å²) in [6.45, 7) is 5.31. The summed E-state index contributed by atoms with van der Waals surface area (Å²) in [4.78, 5) is 4.09. The van der Waals surface area contributed by atoms with Gasteiger partial charge in [-0.15, -0.1) is 0 Å². The molecule has 94 valence electrons. The van der Waals surface area contributed by atoms with Gasteiger partial charge < -0.3 is 5.32 Å². The molecule has 0 bridgehead atoms. The average molecular weight is 242 g/mol. The molecule has 18 heavy (non-hydrogen) atoms. The lowest BCUT2D eigenvalue weighted by molar-refractivity contribution is 0.478. The van der Waals surface area contributed by atoms with Crippen molar-refractivity contribution in [1.82, 2.24) is 14.8 Å². The van der Waals surface area contributed by atoms with Crippen LogP contribution >= 0.6 is 0 Å². The van der Waals surface area contributed by atoms with Crippen LogP contribution in [0.15, 0.2) is 24.5 Å². The van der Waals surface area contributed by atoms with Crippen molar-refractivity contribution in [1.29, 1.82) is 0 Å². The lowest BCUT2D eigenvalue weighted by Gasteiger charge is -2.26. The number of nitrogens with one attached hydrogen (secondary N) is 1. The molecule has 0 aliphatic carbocycles. The topological polar surface area (TPSA) is 42.7 Å². The van der Waals surface area contributed by atoms with Crippen LogP contribution in [0.4, 0.5) is 5.82 Å². The fourth-order valence-corrected chi connectivity index (χ4v) is 2.68. The van der Waals surface area contributed by atoms with E-state index in [0.717, 1.165) is 19.4 Å². The van der Waals surface area contributed by atoms with E-state index in [9.17, 15) is 0 Å². The Bertz CT molecular complexity index is 544. The van der Waals surface area contributed by atoms with Gasteiger partial charge in [0.15, 0.2) is 0 Å². The summed E-state index contributed by atoms with van der Waals surface area (Å²) in [5.74, 6) is 1.18. The van der Waals surface area contributed by atoms with E-state index in [4.69, 9.17) is 5.10 Å². The van der Waals surface area contributed by atoms with Gasteiger partial charge in [0.2, 0.25) is 0 Å². The number of anilines is 1. The molecular weight excluding hydrogens is 224 g/mol. The van der Waals surface area contributed by atoms with Crippen molar-refractivity contribution in [3.05, 3.63) is 41.3 Å². The zero-order valence-electron chi connectivity index (χ0n) is 10.8. The second-order valence-corrected chi connectivity index (χ2v) is 4.73. The molecule has 0 saturated heterocycles. The van der Waals surface area contributed by atoms with Crippen molar-refractivity contribution in [3.8, 4) is 0 Å². The molecule has 3 rings (SSSR count). The van der Waals surface area contributed by atoms with Crippen molar-refractivity contribution in [2.75, 3.05) is 11.9 Å². The van der Waals surface area contributed by atoms with Crippen LogP contribution in [0.5, 0.6) is 0 Å². The predicted octanol–water partition coefficient (Wildman–Crippen LogP) is 2.55. The maximum atomic E-state index is 4.76. The van der Waals surface area contributed by atoms with E-state index in [1.54, 1.807) is 0 Å². The minimum absolute atomic E-state index is 0.336. The Labute approximate surface area is 107 Å². The summed E-state index contributed by atoms with van der Waals surface area (Å²) in [6.07, 6.45) is 5.76. The largest absolute Gasteiger partial charge is 0.370 e. The molecule has 2 aromatic rings. The molecule has 1 aliphatic rings. The number of pyridine rings is 1. The van der Waals surface area contributed by atoms with Crippen LogP contribution in [0.3, 0.4) is 0 Å². The van der Waals surface area contributed by atoms with Gasteiger partial charge in [-0.05, 0) is 37.5 Å². The second-order valence-electron chi connectivity index (χ2n) is 4.73. The summed E-state index contributed by atoms with van der Waals surface area (Å²) in [6, 6.07) is 4.51. The monoisotopic (exact) mass is 242 g/mol. The normalized spacial score (nSPS) is 18.2. The van der Waals surface area contributed by atoms with Crippen LogP contribution in [0.2, 0.25) is 0 Å². The van der Waals surface area contributed by atoms with Crippen LogP contribution in [0, 0.1) is 6.92 Å². The van der Waals surface area contributed by atoms with E-state index < -0.39 is 0 Å². The zero-order valence-corrected chi connectivity index (χ0v) is 10.8. The van der Waals surface area contributed by atoms with Crippen molar-refractivity contribution in [2.24, 2.45) is 0 Å². The third-order valence-corrected chi connectivity index (χ3v) is 3.68. The highest BCUT2D eigenvalue weighted by Gasteiger charge is 2.25. The number of hydrogen-bond donors (Lipinski definition) is 1. The van der Waals surface area contributed by atoms with Crippen LogP contribution in [0.25, 0.3) is 0 Å². The van der Waals surface area contributed by atoms with Crippen LogP contribution in [-0.2, 0) is 6.42 Å². The van der Waals surface area contributed by atoms with Crippen molar-refractivity contribution in [2.45, 2.75) is 32.7 Å². The first kappa shape index (κ1) is 11.3. The van der Waals surface area contributed by atoms with E-state index in [-0.39, 0.29) is 0 Å². The molecule has 0 amide bonds. The molecule has 4 heteroatoms. The summed E-state index contributed by atoms with van der Waals surface area (Å²) >= 11 is 0. The highest BCUT2D eigenvalue weighted by Crippen LogP contribution is 2.32. The maximum absolute atomic E-state index is 4.76. The molecule has 1 N–H and O–H groups in total. The molecule has 3 heterocycles. The Morgan fingerprint density at radius 1 is 1.39 bits per heavy atom. The van der Waals surface area contributed by atoms with E-state index in [2.05, 4.69) is 41.0 Å². The van der Waals surface area contributed by atoms with Crippen molar-refractivity contribution >= 4 is 5.82 Å². The average Bonchev–Trinajstić information content (AvgIpc) is 2.77. The number of fused-ring (bicyclic) bond motifs is 1. The first-order valence-electron chi connectivity index (χ1n) is 6.53. The first-order chi connectivity index (χ1) is 8.81. The minimum Gasteiger partial charge on any atom is -0.370 e. The van der Waals surface area contributed by atoms with Crippen molar-refractivity contribution < 1.29 is 0 Å². The fourth-order valence-electron chi connectivity index (χ4n) is 2.68. The predicted molar refractivity (Wildman–Crippen MR) is 71.8 cm³/mol. The Hall–Kier alpha value is -1.84. The van der Waals surface area contributed by atoms with Gasteiger partial charge in [-0.25, -0.2) is 4.68 Å². The van der Waals surface area contributed by atoms with Gasteiger partial charge >= 0.3 is 0 Å². The highest BCUT2D eigenvalue weighted by molar-refractivity contribution is 5.49. The lowest BCUT2D eigenvalue weighted by Crippen LogP contribution is -2.24. The Kier molecular flexibility index (Phi) is 2.78. The summed E-state index contributed by atoms with van der Waals surface area (Å²) in [7, 11) is 0. The number of aromatic nitrogens is 3. The summed E-state index contributed by atoms with van der Waals surface area (Å²) in [5, 5.41) is 8.23. The van der Waals surface area contributed by atoms with Gasteiger partial charge in [0.25, 0.3) is 0 Å². The fraction of sp³-hybridized carbons (Fsp3) is 0.429. The third kappa shape index (κ3) is 1.68. The van der Waals surface area contributed by atoms with Gasteiger partial charge in [-0.1, -0.05) is 6.92 Å². The maximum Gasteiger partial charge on any atom is 0.128 e. The first-order valence-corrected chi connectivity index (χ1v) is 6.53. The Morgan fingerprint density at radius 2 is 2.17 bits per heavy atom. The van der Waals surface area contributed by atoms with Crippen LogP contribution in [-0.4, -0.2) is 21.3 Å². The highest BCUT2D eigenvalue weighted by atomic mass is 15.4. The molecule has 0 fully saturated rings. The van der Waals surface area contributed by atoms with Gasteiger partial charge in [-0.3, -0.25) is 4.98 Å². The van der Waals surface area contributed by atoms with Gasteiger partial charge in [0.1, 0.15) is 5.82 Å². The molecule has 2 aromatic heterocycles. The zero-order chi connectivity index (χ0) is 12.5. The molecule has 1 unspecified atom stereocenters. The molecule has 1 atom stereocenters. The molecule has 0 radical (unpaired) electrons. The minimum atomic E-state index is 0.336. The van der Waals surface area contributed by atoms with Crippen molar-refractivity contribution in [3.63, 3.8) is 0 Å². The Balaban J connectivity index is 2.07. The van der Waals surface area contributed by atoms with E-state index in [0.29, 0.717) is 6.04 Å². The Morgan fingerprint density at radius 3 is 2.89 bits per heavy atom. The summed E-state index contributed by atoms with van der Waals surface area (Å²) < 4.78 is 2.15. The number of aryl methyl sites for hydroxylation is 1. The third-order valence-electron chi connectivity index (χ3n) is 3.68. The molecular formula is C14H18N4. The van der Waals surface area contributed by atoms with E-state index >= 15 is 0 Å². The number of hydrogen-bond acceptors (Lipinski definition) is 3. The van der Waals surface area contributed by atoms with Gasteiger partial charge in [0.05, 0.1) is 11.7 Å². The molecule has 0 saturated carbocycles. The molecule has 0 aromatic carbocycles. The van der Waals surface area contributed by atoms with Gasteiger partial charge in [0, 0.05) is 24.5 Å². The number of rotatable bonds is 2. The summed E-state index contributed by atoms with van der Waals surface area (Å²) in [5.41, 5.74) is 3.77. The number of nitrogens with zero attached hydrogens (tertiary/aromatic N) is 3. The SMILES string of the molecule is CCc1nn2c(c1C)NCCC2c1ccncc1. The van der Waals surface area contributed by atoms with Crippen LogP contribution in [0.1, 0.15) is 36.2 Å². The van der Waals surface area contributed by atoms with Crippen LogP contribution < -0.4 is 5.32 Å². The molecule has 1 aliphatic heterocycles. The lowest BCUT2D eigenvalue weighted by atomic mass is 10.0. The van der Waals surface area contributed by atoms with Gasteiger partial charge in [-0.2, -0.15) is 5.10 Å². The molecule has 0 spiro atoms. The molecule has 4 nitrogen and oxygen atoms in total. The smallest absolute Gasteiger partial charge is 0.128 e. The van der Waals surface area contributed by atoms with E-state index in [1.807, 2.05) is 12.4 Å². The second kappa shape index (κ2) is 4.44. The van der Waals surface area contributed by atoms with E-state index in [1.165, 1.54) is 22.6 Å².